The van der Waals surface area contributed by atoms with Crippen molar-refractivity contribution in [3.63, 3.8) is 0 Å². The van der Waals surface area contributed by atoms with Crippen LogP contribution in [0.5, 0.6) is 11.5 Å². The van der Waals surface area contributed by atoms with Crippen LogP contribution >= 0.6 is 11.6 Å². The number of halogens is 2. The molecule has 0 bridgehead atoms. The number of aryl methyl sites for hydroxylation is 3. The van der Waals surface area contributed by atoms with Crippen molar-refractivity contribution in [2.45, 2.75) is 85.0 Å². The highest BCUT2D eigenvalue weighted by atomic mass is 35.5. The van der Waals surface area contributed by atoms with Crippen molar-refractivity contribution in [3.8, 4) is 22.6 Å². The number of esters is 1. The third-order valence-corrected chi connectivity index (χ3v) is 13.7. The molecule has 1 unspecified atom stereocenters. The lowest BCUT2D eigenvalue weighted by Crippen LogP contribution is -2.52. The predicted octanol–water partition coefficient (Wildman–Crippen LogP) is 7.84. The van der Waals surface area contributed by atoms with Gasteiger partial charge in [0.15, 0.2) is 6.29 Å². The van der Waals surface area contributed by atoms with E-state index in [2.05, 4.69) is 26.7 Å². The van der Waals surface area contributed by atoms with Crippen LogP contribution in [0.15, 0.2) is 66.7 Å². The largest absolute Gasteiger partial charge is 0.493 e. The van der Waals surface area contributed by atoms with Gasteiger partial charge in [0.1, 0.15) is 41.3 Å². The molecular weight excluding hydrogens is 929 g/mol. The van der Waals surface area contributed by atoms with Gasteiger partial charge in [0, 0.05) is 91.5 Å². The smallest absolute Gasteiger partial charge is 0.355 e. The van der Waals surface area contributed by atoms with Gasteiger partial charge in [-0.1, -0.05) is 41.9 Å². The summed E-state index contributed by atoms with van der Waals surface area (Å²) in [6.45, 7) is 15.6. The maximum absolute atomic E-state index is 14.3. The first-order chi connectivity index (χ1) is 33.9. The summed E-state index contributed by atoms with van der Waals surface area (Å²) < 4.78 is 35.8. The van der Waals surface area contributed by atoms with Crippen LogP contribution in [0.25, 0.3) is 32.8 Å². The van der Waals surface area contributed by atoms with Crippen LogP contribution in [0.3, 0.4) is 0 Å². The molecule has 0 aliphatic carbocycles. The Morgan fingerprint density at radius 2 is 1.66 bits per heavy atom. The van der Waals surface area contributed by atoms with Crippen LogP contribution in [0.1, 0.15) is 83.4 Å². The van der Waals surface area contributed by atoms with Crippen molar-refractivity contribution < 1.29 is 42.6 Å². The minimum Gasteiger partial charge on any atom is -0.493 e. The molecule has 2 fully saturated rings. The summed E-state index contributed by atoms with van der Waals surface area (Å²) in [6.07, 6.45) is 2.36. The Labute approximate surface area is 417 Å². The molecule has 2 saturated heterocycles. The summed E-state index contributed by atoms with van der Waals surface area (Å²) in [4.78, 5) is 66.6. The number of hydrogen-bond acceptors (Lipinski definition) is 11. The highest BCUT2D eigenvalue weighted by Crippen LogP contribution is 2.43. The highest BCUT2D eigenvalue weighted by molar-refractivity contribution is 6.35. The fourth-order valence-corrected chi connectivity index (χ4v) is 10.1. The molecule has 15 nitrogen and oxygen atoms in total. The van der Waals surface area contributed by atoms with E-state index in [0.717, 1.165) is 82.5 Å². The van der Waals surface area contributed by atoms with Gasteiger partial charge in [0.25, 0.3) is 5.91 Å². The van der Waals surface area contributed by atoms with Gasteiger partial charge in [0.05, 0.1) is 29.4 Å². The molecule has 17 heteroatoms. The number of rotatable bonds is 14. The molecule has 1 N–H and O–H groups in total. The van der Waals surface area contributed by atoms with Crippen LogP contribution in [-0.4, -0.2) is 124 Å². The number of aldehydes is 1. The van der Waals surface area contributed by atoms with Gasteiger partial charge in [-0.05, 0) is 108 Å². The number of ether oxygens (including phenoxy) is 3. The fraction of sp³-hybridized carbons (Fsp3) is 0.407. The second-order valence-electron chi connectivity index (χ2n) is 19.3. The van der Waals surface area contributed by atoms with Crippen molar-refractivity contribution in [2.24, 2.45) is 7.05 Å². The number of imide groups is 1. The number of carbonyl (C=O) groups excluding carboxylic acids is 5. The molecule has 2 aromatic heterocycles. The van der Waals surface area contributed by atoms with Crippen LogP contribution in [-0.2, 0) is 45.7 Å². The molecule has 9 rings (SSSR count). The number of nitrogens with one attached hydrogen (secondary N) is 1. The van der Waals surface area contributed by atoms with E-state index >= 15 is 0 Å². The summed E-state index contributed by atoms with van der Waals surface area (Å²) in [7, 11) is 4.09. The molecule has 6 aromatic rings. The zero-order valence-electron chi connectivity index (χ0n) is 41.4. The van der Waals surface area contributed by atoms with Gasteiger partial charge >= 0.3 is 5.97 Å². The van der Waals surface area contributed by atoms with Gasteiger partial charge in [-0.15, -0.1) is 0 Å². The van der Waals surface area contributed by atoms with Gasteiger partial charge in [-0.2, -0.15) is 5.10 Å². The average molecular weight is 991 g/mol. The minimum atomic E-state index is -0.684. The van der Waals surface area contributed by atoms with E-state index in [0.29, 0.717) is 72.0 Å². The quantitative estimate of drug-likeness (QED) is 0.0491. The van der Waals surface area contributed by atoms with E-state index in [-0.39, 0.29) is 43.2 Å². The first-order valence-corrected chi connectivity index (χ1v) is 24.4. The number of piperidine rings is 1. The van der Waals surface area contributed by atoms with Crippen LogP contribution < -0.4 is 14.8 Å². The average Bonchev–Trinajstić information content (AvgIpc) is 3.92. The number of benzene rings is 4. The summed E-state index contributed by atoms with van der Waals surface area (Å²) in [6, 6.07) is 18.8. The summed E-state index contributed by atoms with van der Waals surface area (Å²) >= 11 is 7.10. The number of piperazine rings is 1. The highest BCUT2D eigenvalue weighted by Gasteiger charge is 2.40. The normalized spacial score (nSPS) is 16.5. The maximum Gasteiger partial charge on any atom is 0.355 e. The monoisotopic (exact) mass is 989 g/mol. The first-order valence-electron chi connectivity index (χ1n) is 24.1. The van der Waals surface area contributed by atoms with Crippen molar-refractivity contribution >= 4 is 63.3 Å². The van der Waals surface area contributed by atoms with Gasteiger partial charge < -0.3 is 28.6 Å². The number of carbonyl (C=O) groups is 5. The minimum absolute atomic E-state index is 0.0942. The van der Waals surface area contributed by atoms with Crippen LogP contribution in [0, 0.1) is 19.7 Å². The number of likely N-dealkylation sites (N-methyl/N-ethyl adjacent to an activating group) is 1. The lowest BCUT2D eigenvalue weighted by molar-refractivity contribution is -0.137. The molecule has 0 saturated carbocycles. The zero-order chi connectivity index (χ0) is 50.7. The second kappa shape index (κ2) is 21.4. The number of fused-ring (bicyclic) bond motifs is 3. The number of aromatic nitrogens is 3. The molecule has 1 atom stereocenters. The zero-order valence-corrected chi connectivity index (χ0v) is 42.2. The molecule has 3 aliphatic heterocycles. The van der Waals surface area contributed by atoms with E-state index < -0.39 is 17.6 Å². The van der Waals surface area contributed by atoms with E-state index in [1.165, 1.54) is 17.0 Å². The first kappa shape index (κ1) is 50.8. The van der Waals surface area contributed by atoms with E-state index in [1.54, 1.807) is 24.3 Å². The number of nitrogens with zero attached hydrogens (tertiary/aromatic N) is 6. The standard InChI is InChI=1S/C39H47ClFN5O3.C15H14N2O5/c1-25-34(26(2)44(7)42-25)35-32(40)16-15-30-29(11-9-23-48-33-12-8-10-27-13-14-28(41)24-31(27)33)37(38(47)49-39(3,4)5)46(36(30)35)22-21-45-19-17-43(6)18-20-45;18-6-7-22-12-3-1-2-9-10(12)8-17(15(9)21)11-4-5-13(19)16-14(11)20/h8,10,12-16,24H,9,11,17-23H2,1-7H3;1-3,6,11H,4-5,7-8H2,(H,16,19,20). The van der Waals surface area contributed by atoms with Crippen LogP contribution in [0.2, 0.25) is 5.02 Å². The fourth-order valence-electron chi connectivity index (χ4n) is 9.80. The Morgan fingerprint density at radius 3 is 2.37 bits per heavy atom. The van der Waals surface area contributed by atoms with Gasteiger partial charge in [-0.25, -0.2) is 9.18 Å². The van der Waals surface area contributed by atoms with Gasteiger partial charge in [0.2, 0.25) is 11.8 Å². The summed E-state index contributed by atoms with van der Waals surface area (Å²) in [5.74, 6) is -0.592. The van der Waals surface area contributed by atoms with Crippen molar-refractivity contribution in [1.82, 2.24) is 34.4 Å². The second-order valence-corrected chi connectivity index (χ2v) is 19.8. The molecule has 374 valence electrons. The molecule has 0 spiro atoms. The lowest BCUT2D eigenvalue weighted by atomic mass is 9.98. The van der Waals surface area contributed by atoms with E-state index in [9.17, 15) is 28.4 Å². The number of hydrogen-bond donors (Lipinski definition) is 1. The molecular formula is C54H61ClFN7O8. The lowest BCUT2D eigenvalue weighted by Gasteiger charge is -2.32. The van der Waals surface area contributed by atoms with E-state index in [4.69, 9.17) is 30.9 Å². The Balaban J connectivity index is 0.000000255. The van der Waals surface area contributed by atoms with Gasteiger partial charge in [-0.3, -0.25) is 34.1 Å². The number of amides is 3. The summed E-state index contributed by atoms with van der Waals surface area (Å²) in [5, 5.41) is 10.2. The van der Waals surface area contributed by atoms with Crippen molar-refractivity contribution in [2.75, 3.05) is 53.0 Å². The topological polar surface area (TPSA) is 158 Å². The SMILES string of the molecule is Cc1nn(C)c(C)c1-c1c(Cl)ccc2c(CCCOc3cccc4ccc(F)cc34)c(C(=O)OC(C)(C)C)n(CCN3CCN(C)CC3)c12.O=CCOc1cccc2c1CN(C1CCC(=O)NC1=O)C2=O. The molecule has 71 heavy (non-hydrogen) atoms. The van der Waals surface area contributed by atoms with Crippen LogP contribution in [0.4, 0.5) is 4.39 Å². The summed E-state index contributed by atoms with van der Waals surface area (Å²) in [5.41, 5.74) is 6.56. The Kier molecular flexibility index (Phi) is 15.3. The Bertz CT molecular complexity index is 3020. The predicted molar refractivity (Wildman–Crippen MR) is 269 cm³/mol. The molecule has 0 radical (unpaired) electrons. The van der Waals surface area contributed by atoms with E-state index in [1.807, 2.05) is 76.7 Å². The Hall–Kier alpha value is -6.62. The molecule has 3 aliphatic rings. The third-order valence-electron chi connectivity index (χ3n) is 13.3. The molecule has 3 amide bonds. The molecule has 4 aromatic carbocycles. The van der Waals surface area contributed by atoms with Crippen molar-refractivity contribution in [1.29, 1.82) is 0 Å². The third kappa shape index (κ3) is 11.0. The maximum atomic E-state index is 14.3. The molecule has 5 heterocycles. The van der Waals surface area contributed by atoms with Crippen molar-refractivity contribution in [3.05, 3.63) is 111 Å². The Morgan fingerprint density at radius 1 is 0.915 bits per heavy atom.